The van der Waals surface area contributed by atoms with Crippen LogP contribution in [-0.4, -0.2) is 49.7 Å². The Hall–Kier alpha value is -0.610. The Morgan fingerprint density at radius 2 is 2.05 bits per heavy atom. The van der Waals surface area contributed by atoms with Crippen LogP contribution in [0.15, 0.2) is 0 Å². The Balaban J connectivity index is 2.06. The third kappa shape index (κ3) is 2.73. The molecule has 0 spiro atoms. The molecule has 2 aliphatic rings. The summed E-state index contributed by atoms with van der Waals surface area (Å²) in [5.41, 5.74) is 0.128. The number of ether oxygens (including phenoxy) is 1. The highest BCUT2D eigenvalue weighted by molar-refractivity contribution is 5.81. The lowest BCUT2D eigenvalue weighted by Gasteiger charge is -2.55. The van der Waals surface area contributed by atoms with Gasteiger partial charge in [-0.3, -0.25) is 4.79 Å². The van der Waals surface area contributed by atoms with Gasteiger partial charge in [0.2, 0.25) is 5.91 Å². The fourth-order valence-corrected chi connectivity index (χ4v) is 3.90. The van der Waals surface area contributed by atoms with Crippen LogP contribution in [0.3, 0.4) is 0 Å². The second-order valence-corrected chi connectivity index (χ2v) is 7.62. The maximum absolute atomic E-state index is 12.4. The smallest absolute Gasteiger partial charge is 0.239 e. The van der Waals surface area contributed by atoms with Crippen LogP contribution in [0.25, 0.3) is 0 Å². The van der Waals surface area contributed by atoms with E-state index in [-0.39, 0.29) is 17.4 Å². The molecule has 1 aliphatic heterocycles. The molecule has 1 heterocycles. The van der Waals surface area contributed by atoms with Crippen LogP contribution < -0.4 is 5.32 Å². The number of nitrogens with one attached hydrogen (secondary N) is 1. The summed E-state index contributed by atoms with van der Waals surface area (Å²) in [6.45, 7) is 9.72. The molecule has 1 saturated heterocycles. The Labute approximate surface area is 123 Å². The lowest BCUT2D eigenvalue weighted by Crippen LogP contribution is -2.68. The lowest BCUT2D eigenvalue weighted by atomic mass is 9.57. The molecule has 20 heavy (non-hydrogen) atoms. The van der Waals surface area contributed by atoms with Gasteiger partial charge in [0.25, 0.3) is 0 Å². The van der Waals surface area contributed by atoms with Crippen LogP contribution in [-0.2, 0) is 9.53 Å². The molecule has 116 valence electrons. The molecule has 1 aliphatic carbocycles. The fraction of sp³-hybridized carbons (Fsp3) is 0.938. The van der Waals surface area contributed by atoms with Crippen LogP contribution >= 0.6 is 0 Å². The summed E-state index contributed by atoms with van der Waals surface area (Å²) < 4.78 is 5.83. The van der Waals surface area contributed by atoms with Gasteiger partial charge < -0.3 is 15.0 Å². The molecule has 0 aromatic rings. The van der Waals surface area contributed by atoms with Gasteiger partial charge in [0, 0.05) is 38.1 Å². The topological polar surface area (TPSA) is 41.6 Å². The molecule has 4 nitrogen and oxygen atoms in total. The maximum Gasteiger partial charge on any atom is 0.239 e. The quantitative estimate of drug-likeness (QED) is 0.837. The van der Waals surface area contributed by atoms with Crippen LogP contribution in [0.4, 0.5) is 0 Å². The Bertz CT molecular complexity index is 365. The van der Waals surface area contributed by atoms with Gasteiger partial charge in [-0.05, 0) is 18.8 Å². The standard InChI is InChI=1S/C16H30N2O2/c1-10(2)9-12(15(19)18(5)6)17-13-11-7-8-20-14(11)16(13,3)4/h10-14,17H,7-9H2,1-6H3. The summed E-state index contributed by atoms with van der Waals surface area (Å²) in [6.07, 6.45) is 2.38. The minimum absolute atomic E-state index is 0.0733. The number of nitrogens with zero attached hydrogens (tertiary/aromatic N) is 1. The van der Waals surface area contributed by atoms with Crippen molar-refractivity contribution in [1.82, 2.24) is 10.2 Å². The number of hydrogen-bond acceptors (Lipinski definition) is 3. The molecular weight excluding hydrogens is 252 g/mol. The first-order valence-corrected chi connectivity index (χ1v) is 7.84. The van der Waals surface area contributed by atoms with Crippen molar-refractivity contribution in [3.63, 3.8) is 0 Å². The van der Waals surface area contributed by atoms with Gasteiger partial charge in [-0.2, -0.15) is 0 Å². The average molecular weight is 282 g/mol. The van der Waals surface area contributed by atoms with E-state index < -0.39 is 0 Å². The molecule has 0 aromatic carbocycles. The van der Waals surface area contributed by atoms with Crippen LogP contribution in [0, 0.1) is 17.3 Å². The first-order chi connectivity index (χ1) is 9.25. The highest BCUT2D eigenvalue weighted by Gasteiger charge is 2.59. The minimum atomic E-state index is -0.0733. The minimum Gasteiger partial charge on any atom is -0.377 e. The van der Waals surface area contributed by atoms with Gasteiger partial charge in [-0.25, -0.2) is 0 Å². The zero-order valence-corrected chi connectivity index (χ0v) is 13.8. The van der Waals surface area contributed by atoms with Crippen molar-refractivity contribution in [1.29, 1.82) is 0 Å². The second kappa shape index (κ2) is 5.64. The van der Waals surface area contributed by atoms with E-state index in [1.807, 2.05) is 14.1 Å². The van der Waals surface area contributed by atoms with Gasteiger partial charge in [-0.15, -0.1) is 0 Å². The number of carbonyl (C=O) groups is 1. The molecule has 0 bridgehead atoms. The van der Waals surface area contributed by atoms with Crippen LogP contribution in [0.1, 0.15) is 40.5 Å². The molecule has 2 fully saturated rings. The molecule has 0 aromatic heterocycles. The Kier molecular flexibility index (Phi) is 4.45. The van der Waals surface area contributed by atoms with Crippen molar-refractivity contribution in [3.05, 3.63) is 0 Å². The highest BCUT2D eigenvalue weighted by atomic mass is 16.5. The summed E-state index contributed by atoms with van der Waals surface area (Å²) in [7, 11) is 3.68. The molecule has 4 heteroatoms. The largest absolute Gasteiger partial charge is 0.377 e. The summed E-state index contributed by atoms with van der Waals surface area (Å²) >= 11 is 0. The van der Waals surface area contributed by atoms with Crippen molar-refractivity contribution in [3.8, 4) is 0 Å². The molecule has 2 rings (SSSR count). The number of fused-ring (bicyclic) bond motifs is 1. The first-order valence-electron chi connectivity index (χ1n) is 7.84. The maximum atomic E-state index is 12.4. The van der Waals surface area contributed by atoms with E-state index in [4.69, 9.17) is 4.74 Å². The average Bonchev–Trinajstić information content (AvgIpc) is 2.79. The van der Waals surface area contributed by atoms with Gasteiger partial charge in [0.05, 0.1) is 12.1 Å². The van der Waals surface area contributed by atoms with Gasteiger partial charge in [0.1, 0.15) is 0 Å². The van der Waals surface area contributed by atoms with Crippen molar-refractivity contribution in [2.75, 3.05) is 20.7 Å². The summed E-state index contributed by atoms with van der Waals surface area (Å²) in [4.78, 5) is 14.1. The van der Waals surface area contributed by atoms with Crippen molar-refractivity contribution in [2.24, 2.45) is 17.3 Å². The zero-order chi connectivity index (χ0) is 15.1. The number of rotatable bonds is 5. The lowest BCUT2D eigenvalue weighted by molar-refractivity contribution is -0.138. The van der Waals surface area contributed by atoms with Gasteiger partial charge >= 0.3 is 0 Å². The van der Waals surface area contributed by atoms with Gasteiger partial charge in [0.15, 0.2) is 0 Å². The third-order valence-corrected chi connectivity index (χ3v) is 4.93. The monoisotopic (exact) mass is 282 g/mol. The van der Waals surface area contributed by atoms with E-state index in [9.17, 15) is 4.79 Å². The van der Waals surface area contributed by atoms with E-state index >= 15 is 0 Å². The van der Waals surface area contributed by atoms with Crippen LogP contribution in [0.5, 0.6) is 0 Å². The van der Waals surface area contributed by atoms with Crippen molar-refractivity contribution in [2.45, 2.75) is 58.7 Å². The zero-order valence-electron chi connectivity index (χ0n) is 13.8. The molecule has 1 amide bonds. The molecule has 1 saturated carbocycles. The fourth-order valence-electron chi connectivity index (χ4n) is 3.90. The van der Waals surface area contributed by atoms with Crippen molar-refractivity contribution < 1.29 is 9.53 Å². The summed E-state index contributed by atoms with van der Waals surface area (Å²) in [6, 6.07) is 0.318. The summed E-state index contributed by atoms with van der Waals surface area (Å²) in [5.74, 6) is 1.28. The molecule has 4 unspecified atom stereocenters. The molecule has 1 N–H and O–H groups in total. The van der Waals surface area contributed by atoms with Crippen LogP contribution in [0.2, 0.25) is 0 Å². The number of hydrogen-bond donors (Lipinski definition) is 1. The summed E-state index contributed by atoms with van der Waals surface area (Å²) in [5, 5.41) is 3.66. The predicted octanol–water partition coefficient (Wildman–Crippen LogP) is 1.89. The van der Waals surface area contributed by atoms with E-state index in [2.05, 4.69) is 33.0 Å². The number of amides is 1. The van der Waals surface area contributed by atoms with Gasteiger partial charge in [-0.1, -0.05) is 27.7 Å². The van der Waals surface area contributed by atoms with E-state index in [1.54, 1.807) is 4.90 Å². The highest BCUT2D eigenvalue weighted by Crippen LogP contribution is 2.52. The van der Waals surface area contributed by atoms with E-state index in [0.29, 0.717) is 24.0 Å². The molecular formula is C16H30N2O2. The number of likely N-dealkylation sites (N-methyl/N-ethyl adjacent to an activating group) is 1. The molecule has 4 atom stereocenters. The first kappa shape index (κ1) is 15.8. The molecule has 0 radical (unpaired) electrons. The second-order valence-electron chi connectivity index (χ2n) is 7.62. The third-order valence-electron chi connectivity index (χ3n) is 4.93. The SMILES string of the molecule is CC(C)CC(NC1C2CCOC2C1(C)C)C(=O)N(C)C. The normalized spacial score (nSPS) is 32.6. The predicted molar refractivity (Wildman–Crippen MR) is 80.5 cm³/mol. The number of carbonyl (C=O) groups excluding carboxylic acids is 1. The van der Waals surface area contributed by atoms with E-state index in [0.717, 1.165) is 19.4 Å². The van der Waals surface area contributed by atoms with Crippen molar-refractivity contribution >= 4 is 5.91 Å². The Morgan fingerprint density at radius 3 is 2.60 bits per heavy atom. The van der Waals surface area contributed by atoms with E-state index in [1.165, 1.54) is 0 Å². The Morgan fingerprint density at radius 1 is 1.40 bits per heavy atom.